The number of halogens is 4. The summed E-state index contributed by atoms with van der Waals surface area (Å²) in [5.74, 6) is -0.121. The number of hydrogen-bond donors (Lipinski definition) is 2. The highest BCUT2D eigenvalue weighted by Gasteiger charge is 2.30. The maximum Gasteiger partial charge on any atom is 0.390 e. The van der Waals surface area contributed by atoms with Crippen molar-refractivity contribution in [2.75, 3.05) is 19.7 Å². The zero-order chi connectivity index (χ0) is 21.0. The molecule has 158 valence electrons. The molecule has 0 spiro atoms. The van der Waals surface area contributed by atoms with Gasteiger partial charge in [-0.3, -0.25) is 4.79 Å². The van der Waals surface area contributed by atoms with Gasteiger partial charge in [-0.1, -0.05) is 11.6 Å². The Bertz CT molecular complexity index is 837. The zero-order valence-electron chi connectivity index (χ0n) is 15.7. The number of carbonyl (C=O) groups excluding carboxylic acids is 1. The average molecular weight is 431 g/mol. The topological polar surface area (TPSA) is 61.8 Å². The lowest BCUT2D eigenvalue weighted by Gasteiger charge is -2.29. The Hall–Kier alpha value is -2.19. The first-order chi connectivity index (χ1) is 13.8. The predicted octanol–water partition coefficient (Wildman–Crippen LogP) is 4.76. The van der Waals surface area contributed by atoms with Gasteiger partial charge in [-0.15, -0.1) is 0 Å². The van der Waals surface area contributed by atoms with Crippen molar-refractivity contribution in [1.29, 1.82) is 0 Å². The van der Waals surface area contributed by atoms with Gasteiger partial charge in [0.2, 0.25) is 0 Å². The molecule has 0 saturated heterocycles. The number of phenolic OH excluding ortho intramolecular Hbond substituents is 1. The number of phenols is 1. The van der Waals surface area contributed by atoms with Crippen molar-refractivity contribution < 1.29 is 27.8 Å². The molecule has 0 saturated carbocycles. The normalized spacial score (nSPS) is 17.5. The van der Waals surface area contributed by atoms with E-state index in [1.54, 1.807) is 5.01 Å². The number of allylic oxidation sites excluding steroid dienone is 1. The smallest absolute Gasteiger partial charge is 0.390 e. The second kappa shape index (κ2) is 9.09. The summed E-state index contributed by atoms with van der Waals surface area (Å²) in [7, 11) is 0. The van der Waals surface area contributed by atoms with Crippen LogP contribution in [-0.4, -0.2) is 42.3 Å². The van der Waals surface area contributed by atoms with Gasteiger partial charge in [0, 0.05) is 13.1 Å². The fourth-order valence-corrected chi connectivity index (χ4v) is 3.74. The van der Waals surface area contributed by atoms with Gasteiger partial charge in [-0.05, 0) is 55.0 Å². The number of rotatable bonds is 7. The summed E-state index contributed by atoms with van der Waals surface area (Å²) in [6.07, 6.45) is 0.670. The summed E-state index contributed by atoms with van der Waals surface area (Å²) in [6.45, 7) is 0.500. The van der Waals surface area contributed by atoms with Crippen LogP contribution >= 0.6 is 11.6 Å². The summed E-state index contributed by atoms with van der Waals surface area (Å²) in [5.41, 5.74) is 5.68. The predicted molar refractivity (Wildman–Crippen MR) is 103 cm³/mol. The number of hydrazine groups is 1. The molecular formula is C20H22ClF3N2O3. The highest BCUT2D eigenvalue weighted by molar-refractivity contribution is 6.32. The molecule has 1 aliphatic heterocycles. The van der Waals surface area contributed by atoms with E-state index in [9.17, 15) is 23.1 Å². The molecule has 0 bridgehead atoms. The number of aromatic hydroxyl groups is 1. The highest BCUT2D eigenvalue weighted by Crippen LogP contribution is 2.36. The Kier molecular flexibility index (Phi) is 6.74. The minimum atomic E-state index is -4.22. The first-order valence-corrected chi connectivity index (χ1v) is 9.76. The lowest BCUT2D eigenvalue weighted by atomic mass is 9.90. The Morgan fingerprint density at radius 1 is 1.28 bits per heavy atom. The monoisotopic (exact) mass is 430 g/mol. The van der Waals surface area contributed by atoms with E-state index >= 15 is 0 Å². The van der Waals surface area contributed by atoms with Gasteiger partial charge in [0.05, 0.1) is 22.7 Å². The third-order valence-corrected chi connectivity index (χ3v) is 5.33. The second-order valence-corrected chi connectivity index (χ2v) is 7.38. The van der Waals surface area contributed by atoms with Gasteiger partial charge in [0.1, 0.15) is 18.1 Å². The molecule has 0 amide bonds. The number of alkyl halides is 3. The van der Waals surface area contributed by atoms with E-state index in [0.29, 0.717) is 12.8 Å². The Balaban J connectivity index is 1.78. The van der Waals surface area contributed by atoms with E-state index in [1.165, 1.54) is 12.1 Å². The van der Waals surface area contributed by atoms with E-state index in [-0.39, 0.29) is 35.2 Å². The molecule has 0 atom stereocenters. The summed E-state index contributed by atoms with van der Waals surface area (Å²) in [6, 6.07) is 2.96. The number of nitrogens with zero attached hydrogens (tertiary/aromatic N) is 1. The minimum absolute atomic E-state index is 0.0241. The first kappa shape index (κ1) is 21.5. The fraction of sp³-hybridized carbons (Fsp3) is 0.450. The van der Waals surface area contributed by atoms with Crippen LogP contribution in [0.1, 0.15) is 42.5 Å². The minimum Gasteiger partial charge on any atom is -0.505 e. The van der Waals surface area contributed by atoms with Crippen LogP contribution in [-0.2, 0) is 0 Å². The molecule has 0 aromatic heterocycles. The maximum atomic E-state index is 12.6. The van der Waals surface area contributed by atoms with Crippen LogP contribution < -0.4 is 10.2 Å². The van der Waals surface area contributed by atoms with Gasteiger partial charge in [0.25, 0.3) is 0 Å². The van der Waals surface area contributed by atoms with Crippen molar-refractivity contribution in [3.8, 4) is 11.5 Å². The molecule has 2 N–H and O–H groups in total. The van der Waals surface area contributed by atoms with Crippen LogP contribution in [0.3, 0.4) is 0 Å². The molecule has 1 aromatic rings. The number of carbonyl (C=O) groups is 1. The van der Waals surface area contributed by atoms with E-state index in [4.69, 9.17) is 16.3 Å². The lowest BCUT2D eigenvalue weighted by molar-refractivity contribution is -0.137. The number of nitrogens with one attached hydrogen (secondary N) is 1. The molecule has 5 nitrogen and oxygen atoms in total. The van der Waals surface area contributed by atoms with Crippen molar-refractivity contribution in [2.24, 2.45) is 0 Å². The van der Waals surface area contributed by atoms with Crippen molar-refractivity contribution in [2.45, 2.75) is 38.3 Å². The molecule has 1 aromatic carbocycles. The molecule has 0 unspecified atom stereocenters. The van der Waals surface area contributed by atoms with E-state index in [2.05, 4.69) is 5.43 Å². The second-order valence-electron chi connectivity index (χ2n) is 6.97. The van der Waals surface area contributed by atoms with Gasteiger partial charge >= 0.3 is 6.18 Å². The summed E-state index contributed by atoms with van der Waals surface area (Å²) < 4.78 is 43.7. The number of hydrogen-bond acceptors (Lipinski definition) is 5. The standard InChI is InChI=1S/C20H22ClF3N2O3/c21-16-5-6-18(15(11-27)19(16)28)29-12-13-3-1-2-4-14(13)17-7-9-25-26(17)10-8-20(22,23)24/h5-7,11,25,28H,1-4,8-10,12H2. The van der Waals surface area contributed by atoms with Crippen LogP contribution in [0.2, 0.25) is 5.02 Å². The van der Waals surface area contributed by atoms with Crippen LogP contribution in [0.5, 0.6) is 11.5 Å². The molecule has 9 heteroatoms. The third-order valence-electron chi connectivity index (χ3n) is 5.03. The van der Waals surface area contributed by atoms with Gasteiger partial charge in [0.15, 0.2) is 6.29 Å². The van der Waals surface area contributed by atoms with Crippen molar-refractivity contribution in [3.05, 3.63) is 45.6 Å². The quantitative estimate of drug-likeness (QED) is 0.610. The first-order valence-electron chi connectivity index (χ1n) is 9.39. The molecule has 0 fully saturated rings. The molecular weight excluding hydrogens is 409 g/mol. The zero-order valence-corrected chi connectivity index (χ0v) is 16.4. The largest absolute Gasteiger partial charge is 0.505 e. The number of aldehydes is 1. The lowest BCUT2D eigenvalue weighted by Crippen LogP contribution is -2.36. The van der Waals surface area contributed by atoms with Crippen LogP contribution in [0.15, 0.2) is 35.1 Å². The molecule has 1 heterocycles. The summed E-state index contributed by atoms with van der Waals surface area (Å²) >= 11 is 5.83. The van der Waals surface area contributed by atoms with E-state index in [1.807, 2.05) is 6.08 Å². The maximum absolute atomic E-state index is 12.6. The molecule has 2 aliphatic rings. The average Bonchev–Trinajstić information content (AvgIpc) is 3.15. The Morgan fingerprint density at radius 3 is 2.76 bits per heavy atom. The molecule has 3 rings (SSSR count). The number of benzene rings is 1. The van der Waals surface area contributed by atoms with Crippen LogP contribution in [0, 0.1) is 0 Å². The van der Waals surface area contributed by atoms with E-state index < -0.39 is 12.6 Å². The fourth-order valence-electron chi connectivity index (χ4n) is 3.58. The van der Waals surface area contributed by atoms with Gasteiger partial charge in [-0.25, -0.2) is 5.43 Å². The van der Waals surface area contributed by atoms with Crippen LogP contribution in [0.4, 0.5) is 13.2 Å². The van der Waals surface area contributed by atoms with Crippen molar-refractivity contribution in [1.82, 2.24) is 10.4 Å². The van der Waals surface area contributed by atoms with Gasteiger partial charge in [-0.2, -0.15) is 13.2 Å². The van der Waals surface area contributed by atoms with Crippen molar-refractivity contribution >= 4 is 17.9 Å². The molecule has 29 heavy (non-hydrogen) atoms. The highest BCUT2D eigenvalue weighted by atomic mass is 35.5. The number of ether oxygens (including phenoxy) is 1. The van der Waals surface area contributed by atoms with Crippen molar-refractivity contribution in [3.63, 3.8) is 0 Å². The summed E-state index contributed by atoms with van der Waals surface area (Å²) in [5, 5.41) is 11.5. The SMILES string of the molecule is O=Cc1c(OCC2=C(C3=CCNN3CCC(F)(F)F)CCCC2)ccc(Cl)c1O. The van der Waals surface area contributed by atoms with E-state index in [0.717, 1.165) is 42.5 Å². The molecule has 1 aliphatic carbocycles. The third kappa shape index (κ3) is 5.25. The summed E-state index contributed by atoms with van der Waals surface area (Å²) in [4.78, 5) is 11.3. The van der Waals surface area contributed by atoms with Gasteiger partial charge < -0.3 is 14.9 Å². The Labute approximate surface area is 171 Å². The Morgan fingerprint density at radius 2 is 2.03 bits per heavy atom. The van der Waals surface area contributed by atoms with Crippen LogP contribution in [0.25, 0.3) is 0 Å². The molecule has 0 radical (unpaired) electrons.